The minimum absolute atomic E-state index is 0.259. The van der Waals surface area contributed by atoms with Crippen molar-refractivity contribution < 1.29 is 14.3 Å². The normalized spacial score (nSPS) is 22.2. The average molecular weight is 413 g/mol. The minimum Gasteiger partial charge on any atom is -0.497 e. The Hall–Kier alpha value is -2.04. The summed E-state index contributed by atoms with van der Waals surface area (Å²) in [6.45, 7) is 2.67. The van der Waals surface area contributed by atoms with Crippen molar-refractivity contribution in [3.05, 3.63) is 29.8 Å². The molecule has 0 unspecified atom stereocenters. The molecule has 0 bridgehead atoms. The number of carbonyl (C=O) groups excluding carboxylic acids is 2. The maximum Gasteiger partial charge on any atom is 0.233 e. The molecule has 0 spiro atoms. The van der Waals surface area contributed by atoms with Gasteiger partial charge in [-0.25, -0.2) is 0 Å². The predicted octanol–water partition coefficient (Wildman–Crippen LogP) is 4.15. The summed E-state index contributed by atoms with van der Waals surface area (Å²) >= 11 is 0. The standard InChI is InChI=1S/C25H36N2O3/c1-30-22-11-9-21(10-12-22)25(13-5-2-6-14-25)24(29)27-17-15-26(16-18-27)23(28)19-20-7-3-4-8-20/h9-12,20H,2-8,13-19H2,1H3. The van der Waals surface area contributed by atoms with Gasteiger partial charge >= 0.3 is 0 Å². The lowest BCUT2D eigenvalue weighted by Gasteiger charge is -2.43. The van der Waals surface area contributed by atoms with Crippen LogP contribution in [0.3, 0.4) is 0 Å². The maximum atomic E-state index is 13.8. The summed E-state index contributed by atoms with van der Waals surface area (Å²) < 4.78 is 5.32. The Kier molecular flexibility index (Phi) is 6.64. The van der Waals surface area contributed by atoms with Crippen molar-refractivity contribution in [2.45, 2.75) is 69.6 Å². The highest BCUT2D eigenvalue weighted by Crippen LogP contribution is 2.41. The van der Waals surface area contributed by atoms with E-state index < -0.39 is 5.41 Å². The van der Waals surface area contributed by atoms with Crippen molar-refractivity contribution in [3.8, 4) is 5.75 Å². The Morgan fingerprint density at radius 2 is 1.50 bits per heavy atom. The molecule has 1 saturated heterocycles. The molecule has 1 aromatic rings. The van der Waals surface area contributed by atoms with Crippen molar-refractivity contribution >= 4 is 11.8 Å². The van der Waals surface area contributed by atoms with Crippen molar-refractivity contribution in [2.75, 3.05) is 33.3 Å². The number of carbonyl (C=O) groups is 2. The van der Waals surface area contributed by atoms with Crippen molar-refractivity contribution in [2.24, 2.45) is 5.92 Å². The number of benzene rings is 1. The molecule has 0 radical (unpaired) electrons. The number of amides is 2. The van der Waals surface area contributed by atoms with E-state index in [1.165, 1.54) is 32.1 Å². The monoisotopic (exact) mass is 412 g/mol. The number of hydrogen-bond acceptors (Lipinski definition) is 3. The van der Waals surface area contributed by atoms with Gasteiger partial charge in [0.2, 0.25) is 11.8 Å². The maximum absolute atomic E-state index is 13.8. The molecule has 4 rings (SSSR count). The Morgan fingerprint density at radius 1 is 0.900 bits per heavy atom. The zero-order chi connectivity index (χ0) is 21.0. The van der Waals surface area contributed by atoms with Gasteiger partial charge in [0.1, 0.15) is 5.75 Å². The zero-order valence-electron chi connectivity index (χ0n) is 18.4. The molecule has 0 aromatic heterocycles. The number of piperazine rings is 1. The van der Waals surface area contributed by atoms with Crippen LogP contribution in [0.2, 0.25) is 0 Å². The Morgan fingerprint density at radius 3 is 2.10 bits per heavy atom. The van der Waals surface area contributed by atoms with Gasteiger partial charge in [-0.1, -0.05) is 44.2 Å². The quantitative estimate of drug-likeness (QED) is 0.730. The number of rotatable bonds is 5. The molecule has 30 heavy (non-hydrogen) atoms. The molecule has 3 fully saturated rings. The summed E-state index contributed by atoms with van der Waals surface area (Å²) in [5, 5.41) is 0. The third kappa shape index (κ3) is 4.35. The Balaban J connectivity index is 1.42. The number of ether oxygens (including phenoxy) is 1. The van der Waals surface area contributed by atoms with Gasteiger partial charge in [0.25, 0.3) is 0 Å². The lowest BCUT2D eigenvalue weighted by atomic mass is 9.68. The first-order valence-electron chi connectivity index (χ1n) is 11.8. The summed E-state index contributed by atoms with van der Waals surface area (Å²) in [5.74, 6) is 1.95. The SMILES string of the molecule is COc1ccc(C2(C(=O)N3CCN(C(=O)CC4CCCC4)CC3)CCCCC2)cc1. The van der Waals surface area contributed by atoms with Crippen molar-refractivity contribution in [1.29, 1.82) is 0 Å². The smallest absolute Gasteiger partial charge is 0.233 e. The van der Waals surface area contributed by atoms with Crippen LogP contribution in [0.15, 0.2) is 24.3 Å². The van der Waals surface area contributed by atoms with E-state index in [0.717, 1.165) is 37.0 Å². The van der Waals surface area contributed by atoms with Crippen LogP contribution >= 0.6 is 0 Å². The fraction of sp³-hybridized carbons (Fsp3) is 0.680. The molecular weight excluding hydrogens is 376 g/mol. The second kappa shape index (κ2) is 9.40. The van der Waals surface area contributed by atoms with E-state index in [9.17, 15) is 9.59 Å². The molecule has 0 N–H and O–H groups in total. The van der Waals surface area contributed by atoms with E-state index in [-0.39, 0.29) is 11.8 Å². The highest BCUT2D eigenvalue weighted by atomic mass is 16.5. The van der Waals surface area contributed by atoms with Crippen LogP contribution in [0, 0.1) is 5.92 Å². The van der Waals surface area contributed by atoms with Gasteiger partial charge in [0.05, 0.1) is 12.5 Å². The first-order chi connectivity index (χ1) is 14.6. The molecule has 5 nitrogen and oxygen atoms in total. The van der Waals surface area contributed by atoms with Crippen LogP contribution in [0.4, 0.5) is 0 Å². The van der Waals surface area contributed by atoms with E-state index in [0.29, 0.717) is 38.5 Å². The highest BCUT2D eigenvalue weighted by Gasteiger charge is 2.44. The fourth-order valence-corrected chi connectivity index (χ4v) is 5.74. The summed E-state index contributed by atoms with van der Waals surface area (Å²) in [6.07, 6.45) is 10.9. The molecule has 5 heteroatoms. The highest BCUT2D eigenvalue weighted by molar-refractivity contribution is 5.89. The molecule has 2 saturated carbocycles. The molecule has 2 aliphatic carbocycles. The first kappa shape index (κ1) is 21.2. The van der Waals surface area contributed by atoms with Crippen LogP contribution in [-0.4, -0.2) is 54.9 Å². The summed E-state index contributed by atoms with van der Waals surface area (Å²) in [4.78, 5) is 30.5. The second-order valence-electron chi connectivity index (χ2n) is 9.40. The first-order valence-corrected chi connectivity index (χ1v) is 11.8. The molecule has 1 heterocycles. The molecule has 0 atom stereocenters. The van der Waals surface area contributed by atoms with E-state index in [2.05, 4.69) is 12.1 Å². The van der Waals surface area contributed by atoms with E-state index in [1.807, 2.05) is 21.9 Å². The number of methoxy groups -OCH3 is 1. The molecule has 1 aliphatic heterocycles. The molecule has 2 amide bonds. The van der Waals surface area contributed by atoms with Crippen LogP contribution in [0.25, 0.3) is 0 Å². The third-order valence-electron chi connectivity index (χ3n) is 7.62. The molecule has 1 aromatic carbocycles. The van der Waals surface area contributed by atoms with E-state index in [1.54, 1.807) is 7.11 Å². The topological polar surface area (TPSA) is 49.9 Å². The van der Waals surface area contributed by atoms with Gasteiger partial charge in [-0.3, -0.25) is 9.59 Å². The van der Waals surface area contributed by atoms with Crippen LogP contribution in [0.5, 0.6) is 5.75 Å². The van der Waals surface area contributed by atoms with E-state index >= 15 is 0 Å². The molecule has 164 valence electrons. The van der Waals surface area contributed by atoms with Gasteiger partial charge in [-0.15, -0.1) is 0 Å². The van der Waals surface area contributed by atoms with Crippen molar-refractivity contribution in [1.82, 2.24) is 9.80 Å². The number of nitrogens with zero attached hydrogens (tertiary/aromatic N) is 2. The van der Waals surface area contributed by atoms with Crippen LogP contribution < -0.4 is 4.74 Å². The summed E-state index contributed by atoms with van der Waals surface area (Å²) in [6, 6.07) is 8.09. The summed E-state index contributed by atoms with van der Waals surface area (Å²) in [5.41, 5.74) is 0.702. The van der Waals surface area contributed by atoms with Gasteiger partial charge in [0.15, 0.2) is 0 Å². The van der Waals surface area contributed by atoms with Crippen molar-refractivity contribution in [3.63, 3.8) is 0 Å². The predicted molar refractivity (Wildman–Crippen MR) is 117 cm³/mol. The zero-order valence-corrected chi connectivity index (χ0v) is 18.4. The van der Waals surface area contributed by atoms with Gasteiger partial charge in [-0.2, -0.15) is 0 Å². The van der Waals surface area contributed by atoms with E-state index in [4.69, 9.17) is 4.74 Å². The molecular formula is C25H36N2O3. The Labute approximate surface area is 180 Å². The minimum atomic E-state index is -0.416. The van der Waals surface area contributed by atoms with Crippen LogP contribution in [-0.2, 0) is 15.0 Å². The third-order valence-corrected chi connectivity index (χ3v) is 7.62. The van der Waals surface area contributed by atoms with Gasteiger partial charge in [-0.05, 0) is 49.3 Å². The van der Waals surface area contributed by atoms with Crippen LogP contribution in [0.1, 0.15) is 69.8 Å². The number of hydrogen-bond donors (Lipinski definition) is 0. The second-order valence-corrected chi connectivity index (χ2v) is 9.40. The summed E-state index contributed by atoms with van der Waals surface area (Å²) in [7, 11) is 1.67. The molecule has 3 aliphatic rings. The Bertz CT molecular complexity index is 725. The lowest BCUT2D eigenvalue weighted by molar-refractivity contribution is -0.144. The lowest BCUT2D eigenvalue weighted by Crippen LogP contribution is -2.56. The average Bonchev–Trinajstić information content (AvgIpc) is 3.32. The van der Waals surface area contributed by atoms with Gasteiger partial charge in [0, 0.05) is 32.6 Å². The largest absolute Gasteiger partial charge is 0.497 e. The fourth-order valence-electron chi connectivity index (χ4n) is 5.74. The van der Waals surface area contributed by atoms with Gasteiger partial charge < -0.3 is 14.5 Å².